The van der Waals surface area contributed by atoms with E-state index < -0.39 is 0 Å². The minimum atomic E-state index is -0.0613. The summed E-state index contributed by atoms with van der Waals surface area (Å²) in [5.41, 5.74) is 0.258. The van der Waals surface area contributed by atoms with E-state index in [2.05, 4.69) is 20.8 Å². The third kappa shape index (κ3) is 0.766. The summed E-state index contributed by atoms with van der Waals surface area (Å²) in [5, 5.41) is 10.2. The zero-order valence-electron chi connectivity index (χ0n) is 7.72. The molecule has 2 atom stereocenters. The van der Waals surface area contributed by atoms with E-state index in [-0.39, 0.29) is 16.8 Å². The summed E-state index contributed by atoms with van der Waals surface area (Å²) in [7, 11) is 0. The SMILES string of the molecule is CC12CCB(C1)C(C)(C)C2O. The predicted octanol–water partition coefficient (Wildman–Crippen LogP) is 2.05. The Balaban J connectivity index is 2.34. The van der Waals surface area contributed by atoms with Gasteiger partial charge in [0.05, 0.1) is 6.10 Å². The average Bonchev–Trinajstić information content (AvgIpc) is 2.36. The molecule has 2 aliphatic heterocycles. The zero-order chi connectivity index (χ0) is 8.28. The highest BCUT2D eigenvalue weighted by Crippen LogP contribution is 2.62. The van der Waals surface area contributed by atoms with Crippen LogP contribution in [0.15, 0.2) is 0 Å². The van der Waals surface area contributed by atoms with E-state index in [1.54, 1.807) is 0 Å². The molecule has 0 saturated carbocycles. The van der Waals surface area contributed by atoms with Crippen LogP contribution in [0, 0.1) is 5.41 Å². The Morgan fingerprint density at radius 1 is 1.36 bits per heavy atom. The van der Waals surface area contributed by atoms with Crippen LogP contribution in [0.1, 0.15) is 27.2 Å². The molecule has 2 saturated heterocycles. The van der Waals surface area contributed by atoms with Gasteiger partial charge in [0.2, 0.25) is 0 Å². The van der Waals surface area contributed by atoms with Crippen molar-refractivity contribution in [3.05, 3.63) is 0 Å². The molecular formula is C9H17BO. The van der Waals surface area contributed by atoms with E-state index >= 15 is 0 Å². The smallest absolute Gasteiger partial charge is 0.149 e. The first-order valence-electron chi connectivity index (χ1n) is 4.65. The van der Waals surface area contributed by atoms with Crippen LogP contribution in [0.5, 0.6) is 0 Å². The van der Waals surface area contributed by atoms with Crippen LogP contribution in [-0.4, -0.2) is 17.9 Å². The van der Waals surface area contributed by atoms with Gasteiger partial charge in [-0.2, -0.15) is 0 Å². The van der Waals surface area contributed by atoms with Gasteiger partial charge in [-0.15, -0.1) is 0 Å². The summed E-state index contributed by atoms with van der Waals surface area (Å²) >= 11 is 0. The number of hydrogen-bond donors (Lipinski definition) is 1. The molecule has 0 aliphatic carbocycles. The van der Waals surface area contributed by atoms with Gasteiger partial charge in [0, 0.05) is 0 Å². The molecule has 62 valence electrons. The van der Waals surface area contributed by atoms with Crippen LogP contribution in [0.3, 0.4) is 0 Å². The first-order valence-corrected chi connectivity index (χ1v) is 4.65. The predicted molar refractivity (Wildman–Crippen MR) is 48.1 cm³/mol. The molecule has 2 fully saturated rings. The fourth-order valence-corrected chi connectivity index (χ4v) is 3.28. The maximum absolute atomic E-state index is 10.0. The Morgan fingerprint density at radius 3 is 2.27 bits per heavy atom. The maximum atomic E-state index is 10.0. The average molecular weight is 152 g/mol. The highest BCUT2D eigenvalue weighted by molar-refractivity contribution is 6.64. The van der Waals surface area contributed by atoms with Crippen molar-refractivity contribution in [1.82, 2.24) is 0 Å². The summed E-state index contributed by atoms with van der Waals surface area (Å²) < 4.78 is 0. The lowest BCUT2D eigenvalue weighted by atomic mass is 9.34. The van der Waals surface area contributed by atoms with E-state index in [0.717, 1.165) is 6.71 Å². The lowest BCUT2D eigenvalue weighted by molar-refractivity contribution is 0.0305. The van der Waals surface area contributed by atoms with Gasteiger partial charge in [0.15, 0.2) is 0 Å². The fraction of sp³-hybridized carbons (Fsp3) is 1.00. The Hall–Kier alpha value is 0.0249. The quantitative estimate of drug-likeness (QED) is 0.526. The minimum Gasteiger partial charge on any atom is -0.393 e. The number of hydrogen-bond acceptors (Lipinski definition) is 1. The lowest BCUT2D eigenvalue weighted by Crippen LogP contribution is -2.38. The Morgan fingerprint density at radius 2 is 2.00 bits per heavy atom. The van der Waals surface area contributed by atoms with Gasteiger partial charge in [0.25, 0.3) is 0 Å². The summed E-state index contributed by atoms with van der Waals surface area (Å²) in [6, 6.07) is 0. The summed E-state index contributed by atoms with van der Waals surface area (Å²) in [5.74, 6) is 0. The first kappa shape index (κ1) is 7.66. The summed E-state index contributed by atoms with van der Waals surface area (Å²) in [6.07, 6.45) is 3.76. The molecule has 0 aromatic heterocycles. The Kier molecular flexibility index (Phi) is 1.29. The molecule has 0 aromatic carbocycles. The molecule has 2 heterocycles. The minimum absolute atomic E-state index is 0.0613. The van der Waals surface area contributed by atoms with Crippen LogP contribution >= 0.6 is 0 Å². The van der Waals surface area contributed by atoms with Gasteiger partial charge in [-0.25, -0.2) is 0 Å². The molecule has 2 bridgehead atoms. The monoisotopic (exact) mass is 152 g/mol. The first-order chi connectivity index (χ1) is 4.97. The van der Waals surface area contributed by atoms with E-state index in [1.165, 1.54) is 19.1 Å². The van der Waals surface area contributed by atoms with E-state index in [1.807, 2.05) is 0 Å². The third-order valence-corrected chi connectivity index (χ3v) is 4.19. The topological polar surface area (TPSA) is 20.2 Å². The maximum Gasteiger partial charge on any atom is 0.149 e. The van der Waals surface area contributed by atoms with Crippen molar-refractivity contribution in [1.29, 1.82) is 0 Å². The van der Waals surface area contributed by atoms with Crippen LogP contribution in [0.2, 0.25) is 18.0 Å². The molecule has 2 unspecified atom stereocenters. The molecule has 0 amide bonds. The van der Waals surface area contributed by atoms with Crippen LogP contribution in [0.4, 0.5) is 0 Å². The largest absolute Gasteiger partial charge is 0.393 e. The van der Waals surface area contributed by atoms with Gasteiger partial charge in [0.1, 0.15) is 6.71 Å². The van der Waals surface area contributed by atoms with Gasteiger partial charge >= 0.3 is 0 Å². The van der Waals surface area contributed by atoms with Gasteiger partial charge in [-0.3, -0.25) is 0 Å². The molecule has 1 nitrogen and oxygen atoms in total. The van der Waals surface area contributed by atoms with Crippen molar-refractivity contribution in [3.63, 3.8) is 0 Å². The Bertz CT molecular complexity index is 185. The van der Waals surface area contributed by atoms with Crippen molar-refractivity contribution >= 4 is 6.71 Å². The van der Waals surface area contributed by atoms with Crippen molar-refractivity contribution in [3.8, 4) is 0 Å². The van der Waals surface area contributed by atoms with Crippen molar-refractivity contribution in [2.24, 2.45) is 5.41 Å². The zero-order valence-corrected chi connectivity index (χ0v) is 7.72. The van der Waals surface area contributed by atoms with E-state index in [0.29, 0.717) is 0 Å². The third-order valence-electron chi connectivity index (χ3n) is 4.19. The molecule has 2 heteroatoms. The Labute approximate surface area is 69.3 Å². The second-order valence-corrected chi connectivity index (χ2v) is 5.32. The second kappa shape index (κ2) is 1.85. The van der Waals surface area contributed by atoms with Crippen molar-refractivity contribution < 1.29 is 5.11 Å². The standard InChI is InChI=1S/C9H17BO/c1-8(2)7(11)9(3)4-5-10(8)6-9/h7,11H,4-6H2,1-3H3. The lowest BCUT2D eigenvalue weighted by Gasteiger charge is -2.38. The molecule has 2 aliphatic rings. The molecule has 2 rings (SSSR count). The number of fused-ring (bicyclic) bond motifs is 2. The van der Waals surface area contributed by atoms with E-state index in [4.69, 9.17) is 0 Å². The normalized spacial score (nSPS) is 46.9. The van der Waals surface area contributed by atoms with Crippen molar-refractivity contribution in [2.75, 3.05) is 0 Å². The van der Waals surface area contributed by atoms with E-state index in [9.17, 15) is 5.11 Å². The van der Waals surface area contributed by atoms with Gasteiger partial charge < -0.3 is 5.11 Å². The molecule has 1 N–H and O–H groups in total. The second-order valence-electron chi connectivity index (χ2n) is 5.32. The highest BCUT2D eigenvalue weighted by Gasteiger charge is 2.60. The van der Waals surface area contributed by atoms with Gasteiger partial charge in [-0.05, 0) is 10.7 Å². The summed E-state index contributed by atoms with van der Waals surface area (Å²) in [4.78, 5) is 0. The van der Waals surface area contributed by atoms with Gasteiger partial charge in [-0.1, -0.05) is 39.8 Å². The van der Waals surface area contributed by atoms with Crippen molar-refractivity contribution in [2.45, 2.75) is 51.3 Å². The molecule has 0 spiro atoms. The summed E-state index contributed by atoms with van der Waals surface area (Å²) in [6.45, 7) is 7.45. The molecule has 0 radical (unpaired) electrons. The molecule has 0 aromatic rings. The highest BCUT2D eigenvalue weighted by atomic mass is 16.3. The van der Waals surface area contributed by atoms with Crippen LogP contribution in [-0.2, 0) is 0 Å². The number of aliphatic hydroxyl groups excluding tert-OH is 1. The number of rotatable bonds is 0. The molecule has 11 heavy (non-hydrogen) atoms. The van der Waals surface area contributed by atoms with Crippen LogP contribution in [0.25, 0.3) is 0 Å². The fourth-order valence-electron chi connectivity index (χ4n) is 3.28. The van der Waals surface area contributed by atoms with Crippen LogP contribution < -0.4 is 0 Å². The number of aliphatic hydroxyl groups is 1. The molecular weight excluding hydrogens is 135 g/mol.